The summed E-state index contributed by atoms with van der Waals surface area (Å²) in [7, 11) is -3.90. The molecule has 0 bridgehead atoms. The Morgan fingerprint density at radius 1 is 1.24 bits per heavy atom. The third-order valence-electron chi connectivity index (χ3n) is 2.96. The minimum absolute atomic E-state index is 0.00805. The highest BCUT2D eigenvalue weighted by Gasteiger charge is 2.19. The summed E-state index contributed by atoms with van der Waals surface area (Å²) in [6, 6.07) is 8.58. The van der Waals surface area contributed by atoms with Crippen molar-refractivity contribution >= 4 is 31.6 Å². The Balaban J connectivity index is 2.42. The van der Waals surface area contributed by atoms with E-state index in [1.807, 2.05) is 6.92 Å². The van der Waals surface area contributed by atoms with Crippen LogP contribution in [0.1, 0.15) is 11.1 Å². The number of aryl methyl sites for hydroxylation is 1. The third-order valence-corrected chi connectivity index (χ3v) is 5.28. The fraction of sp³-hybridized carbons (Fsp3) is 0.143. The Hall–Kier alpha value is -1.44. The van der Waals surface area contributed by atoms with Gasteiger partial charge in [0.1, 0.15) is 5.82 Å². The Kier molecular flexibility index (Phi) is 4.65. The van der Waals surface area contributed by atoms with Gasteiger partial charge in [-0.05, 0) is 42.3 Å². The monoisotopic (exact) mass is 372 g/mol. The van der Waals surface area contributed by atoms with Crippen LogP contribution in [0, 0.1) is 12.7 Å². The predicted molar refractivity (Wildman–Crippen MR) is 84.0 cm³/mol. The highest BCUT2D eigenvalue weighted by molar-refractivity contribution is 9.10. The average molecular weight is 373 g/mol. The van der Waals surface area contributed by atoms with Gasteiger partial charge in [-0.1, -0.05) is 28.1 Å². The maximum absolute atomic E-state index is 13.3. The van der Waals surface area contributed by atoms with Crippen LogP contribution in [0.4, 0.5) is 10.1 Å². The fourth-order valence-electron chi connectivity index (χ4n) is 1.81. The van der Waals surface area contributed by atoms with E-state index in [9.17, 15) is 12.8 Å². The van der Waals surface area contributed by atoms with Crippen LogP contribution in [0.2, 0.25) is 0 Å². The van der Waals surface area contributed by atoms with Gasteiger partial charge in [-0.15, -0.1) is 0 Å². The molecule has 21 heavy (non-hydrogen) atoms. The summed E-state index contributed by atoms with van der Waals surface area (Å²) < 4.78 is 41.3. The summed E-state index contributed by atoms with van der Waals surface area (Å²) in [5.74, 6) is -0.627. The lowest BCUT2D eigenvalue weighted by Crippen LogP contribution is -2.16. The van der Waals surface area contributed by atoms with Crippen molar-refractivity contribution in [3.05, 3.63) is 57.8 Å². The molecule has 0 aromatic heterocycles. The summed E-state index contributed by atoms with van der Waals surface area (Å²) in [5.41, 5.74) is 7.24. The summed E-state index contributed by atoms with van der Waals surface area (Å²) >= 11 is 3.33. The number of nitrogens with two attached hydrogens (primary N) is 1. The normalized spacial score (nSPS) is 11.4. The van der Waals surface area contributed by atoms with Crippen molar-refractivity contribution < 1.29 is 12.8 Å². The second-order valence-corrected chi connectivity index (χ2v) is 7.03. The molecule has 2 aromatic rings. The zero-order valence-corrected chi connectivity index (χ0v) is 13.6. The number of hydrogen-bond donors (Lipinski definition) is 2. The SMILES string of the molecule is Cc1ccc(NS(=O)(=O)c2cc(F)ccc2CN)cc1Br. The van der Waals surface area contributed by atoms with Crippen molar-refractivity contribution in [3.63, 3.8) is 0 Å². The van der Waals surface area contributed by atoms with Crippen molar-refractivity contribution in [2.24, 2.45) is 5.73 Å². The molecule has 2 rings (SSSR count). The molecule has 0 aliphatic carbocycles. The van der Waals surface area contributed by atoms with Gasteiger partial charge < -0.3 is 5.73 Å². The predicted octanol–water partition coefficient (Wildman–Crippen LogP) is 3.16. The maximum atomic E-state index is 13.3. The van der Waals surface area contributed by atoms with Gasteiger partial charge in [-0.3, -0.25) is 4.72 Å². The van der Waals surface area contributed by atoms with Crippen LogP contribution in [-0.4, -0.2) is 8.42 Å². The van der Waals surface area contributed by atoms with Crippen LogP contribution in [0.5, 0.6) is 0 Å². The first-order chi connectivity index (χ1) is 9.83. The minimum atomic E-state index is -3.90. The Morgan fingerprint density at radius 3 is 2.57 bits per heavy atom. The highest BCUT2D eigenvalue weighted by Crippen LogP contribution is 2.24. The van der Waals surface area contributed by atoms with Crippen LogP contribution in [0.25, 0.3) is 0 Å². The number of hydrogen-bond acceptors (Lipinski definition) is 3. The fourth-order valence-corrected chi connectivity index (χ4v) is 3.50. The molecule has 0 saturated carbocycles. The average Bonchev–Trinajstić information content (AvgIpc) is 2.42. The molecule has 0 unspecified atom stereocenters. The lowest BCUT2D eigenvalue weighted by Gasteiger charge is -2.12. The maximum Gasteiger partial charge on any atom is 0.262 e. The number of benzene rings is 2. The zero-order valence-electron chi connectivity index (χ0n) is 11.2. The highest BCUT2D eigenvalue weighted by atomic mass is 79.9. The lowest BCUT2D eigenvalue weighted by atomic mass is 10.2. The van der Waals surface area contributed by atoms with Gasteiger partial charge >= 0.3 is 0 Å². The Bertz CT molecular complexity index is 779. The van der Waals surface area contributed by atoms with Crippen molar-refractivity contribution in [3.8, 4) is 0 Å². The van der Waals surface area contributed by atoms with Gasteiger partial charge in [-0.2, -0.15) is 0 Å². The molecule has 7 heteroatoms. The van der Waals surface area contributed by atoms with Gasteiger partial charge in [0.2, 0.25) is 0 Å². The van der Waals surface area contributed by atoms with Gasteiger partial charge in [0.25, 0.3) is 10.0 Å². The molecule has 0 amide bonds. The van der Waals surface area contributed by atoms with E-state index < -0.39 is 15.8 Å². The number of nitrogens with one attached hydrogen (secondary N) is 1. The van der Waals surface area contributed by atoms with Crippen LogP contribution in [-0.2, 0) is 16.6 Å². The molecule has 2 aromatic carbocycles. The van der Waals surface area contributed by atoms with Gasteiger partial charge in [0.05, 0.1) is 4.90 Å². The second kappa shape index (κ2) is 6.13. The van der Waals surface area contributed by atoms with Crippen molar-refractivity contribution in [1.82, 2.24) is 0 Å². The van der Waals surface area contributed by atoms with E-state index in [2.05, 4.69) is 20.7 Å². The van der Waals surface area contributed by atoms with Crippen molar-refractivity contribution in [2.75, 3.05) is 4.72 Å². The second-order valence-electron chi connectivity index (χ2n) is 4.53. The molecule has 0 heterocycles. The van der Waals surface area contributed by atoms with E-state index in [4.69, 9.17) is 5.73 Å². The quantitative estimate of drug-likeness (QED) is 0.865. The topological polar surface area (TPSA) is 72.2 Å². The van der Waals surface area contributed by atoms with Crippen LogP contribution >= 0.6 is 15.9 Å². The molecule has 0 fully saturated rings. The molecule has 3 N–H and O–H groups in total. The molecule has 0 spiro atoms. The lowest BCUT2D eigenvalue weighted by molar-refractivity contribution is 0.593. The van der Waals surface area contributed by atoms with E-state index in [1.165, 1.54) is 12.1 Å². The summed E-state index contributed by atoms with van der Waals surface area (Å²) in [4.78, 5) is -0.151. The van der Waals surface area contributed by atoms with Gasteiger partial charge in [-0.25, -0.2) is 12.8 Å². The number of anilines is 1. The molecular formula is C14H14BrFN2O2S. The summed E-state index contributed by atoms with van der Waals surface area (Å²) in [6.45, 7) is 1.90. The van der Waals surface area contributed by atoms with Crippen LogP contribution in [0.15, 0.2) is 45.8 Å². The number of halogens is 2. The summed E-state index contributed by atoms with van der Waals surface area (Å²) in [5, 5.41) is 0. The molecule has 0 aliphatic rings. The molecule has 0 aliphatic heterocycles. The Morgan fingerprint density at radius 2 is 1.95 bits per heavy atom. The van der Waals surface area contributed by atoms with E-state index in [0.29, 0.717) is 11.3 Å². The molecule has 4 nitrogen and oxygen atoms in total. The van der Waals surface area contributed by atoms with Crippen LogP contribution < -0.4 is 10.5 Å². The van der Waals surface area contributed by atoms with Gasteiger partial charge in [0, 0.05) is 16.7 Å². The standard InChI is InChI=1S/C14H14BrFN2O2S/c1-9-2-5-12(7-13(9)15)18-21(19,20)14-6-11(16)4-3-10(14)8-17/h2-7,18H,8,17H2,1H3. The van der Waals surface area contributed by atoms with Crippen molar-refractivity contribution in [2.45, 2.75) is 18.4 Å². The van der Waals surface area contributed by atoms with E-state index in [0.717, 1.165) is 16.1 Å². The molecular weight excluding hydrogens is 359 g/mol. The van der Waals surface area contributed by atoms with Gasteiger partial charge in [0.15, 0.2) is 0 Å². The minimum Gasteiger partial charge on any atom is -0.326 e. The van der Waals surface area contributed by atoms with Crippen molar-refractivity contribution in [1.29, 1.82) is 0 Å². The summed E-state index contributed by atoms with van der Waals surface area (Å²) in [6.07, 6.45) is 0. The first-order valence-electron chi connectivity index (χ1n) is 6.11. The van der Waals surface area contributed by atoms with E-state index in [-0.39, 0.29) is 11.4 Å². The number of sulfonamides is 1. The smallest absolute Gasteiger partial charge is 0.262 e. The largest absolute Gasteiger partial charge is 0.326 e. The molecule has 0 saturated heterocycles. The number of rotatable bonds is 4. The first-order valence-corrected chi connectivity index (χ1v) is 8.38. The van der Waals surface area contributed by atoms with Crippen LogP contribution in [0.3, 0.4) is 0 Å². The first kappa shape index (κ1) is 15.9. The molecule has 0 atom stereocenters. The third kappa shape index (κ3) is 3.61. The molecule has 0 radical (unpaired) electrons. The Labute approximate surface area is 131 Å². The van der Waals surface area contributed by atoms with E-state index >= 15 is 0 Å². The zero-order chi connectivity index (χ0) is 15.6. The van der Waals surface area contributed by atoms with E-state index in [1.54, 1.807) is 18.2 Å². The molecule has 112 valence electrons.